The van der Waals surface area contributed by atoms with Gasteiger partial charge in [-0.1, -0.05) is 40.2 Å². The van der Waals surface area contributed by atoms with Crippen LogP contribution in [0.2, 0.25) is 0 Å². The van der Waals surface area contributed by atoms with E-state index in [0.717, 1.165) is 32.1 Å². The van der Waals surface area contributed by atoms with Gasteiger partial charge in [0.05, 0.1) is 5.92 Å². The number of carbonyl (C=O) groups excluding carboxylic acids is 3. The zero-order valence-electron chi connectivity index (χ0n) is 19.5. The molecule has 0 aromatic carbocycles. The van der Waals surface area contributed by atoms with Crippen molar-refractivity contribution in [2.24, 2.45) is 46.3 Å². The molecule has 4 heteroatoms. The molecule has 0 bridgehead atoms. The van der Waals surface area contributed by atoms with Crippen LogP contribution in [-0.2, 0) is 19.1 Å². The summed E-state index contributed by atoms with van der Waals surface area (Å²) in [5.41, 5.74) is 1.02. The molecule has 4 aliphatic carbocycles. The largest absolute Gasteiger partial charge is 0.461 e. The molecule has 4 aliphatic rings. The number of hydrogen-bond acceptors (Lipinski definition) is 4. The molecule has 3 fully saturated rings. The van der Waals surface area contributed by atoms with Crippen molar-refractivity contribution in [1.29, 1.82) is 0 Å². The Balaban J connectivity index is 1.72. The van der Waals surface area contributed by atoms with Gasteiger partial charge < -0.3 is 4.74 Å². The predicted octanol–water partition coefficient (Wildman–Crippen LogP) is 5.15. The predicted molar refractivity (Wildman–Crippen MR) is 116 cm³/mol. The lowest BCUT2D eigenvalue weighted by Gasteiger charge is -2.61. The smallest absolute Gasteiger partial charge is 0.308 e. The van der Waals surface area contributed by atoms with E-state index in [1.807, 2.05) is 19.9 Å². The molecule has 8 atom stereocenters. The van der Waals surface area contributed by atoms with Gasteiger partial charge in [0.25, 0.3) is 0 Å². The van der Waals surface area contributed by atoms with E-state index >= 15 is 0 Å². The van der Waals surface area contributed by atoms with Crippen molar-refractivity contribution in [3.63, 3.8) is 0 Å². The molecule has 0 aromatic rings. The van der Waals surface area contributed by atoms with Gasteiger partial charge in [0.1, 0.15) is 11.9 Å². The first-order valence-electron chi connectivity index (χ1n) is 12.0. The molecule has 4 nitrogen and oxygen atoms in total. The number of fused-ring (bicyclic) bond motifs is 5. The molecule has 0 aromatic heterocycles. The average molecular weight is 415 g/mol. The molecule has 0 spiro atoms. The molecule has 0 N–H and O–H groups in total. The van der Waals surface area contributed by atoms with Crippen molar-refractivity contribution in [3.05, 3.63) is 11.6 Å². The van der Waals surface area contributed by atoms with Crippen LogP contribution >= 0.6 is 0 Å². The van der Waals surface area contributed by atoms with Gasteiger partial charge in [-0.25, -0.2) is 0 Å². The summed E-state index contributed by atoms with van der Waals surface area (Å²) in [5, 5.41) is 0. The van der Waals surface area contributed by atoms with Crippen LogP contribution in [0.5, 0.6) is 0 Å². The van der Waals surface area contributed by atoms with Crippen molar-refractivity contribution < 1.29 is 19.1 Å². The molecule has 0 radical (unpaired) electrons. The lowest BCUT2D eigenvalue weighted by atomic mass is 9.44. The summed E-state index contributed by atoms with van der Waals surface area (Å²) in [7, 11) is 0. The highest BCUT2D eigenvalue weighted by molar-refractivity contribution is 5.92. The van der Waals surface area contributed by atoms with Crippen molar-refractivity contribution in [3.8, 4) is 0 Å². The van der Waals surface area contributed by atoms with Crippen LogP contribution < -0.4 is 0 Å². The number of rotatable bonds is 3. The summed E-state index contributed by atoms with van der Waals surface area (Å²) in [6, 6.07) is 0. The average Bonchev–Trinajstić information content (AvgIpc) is 3.01. The number of Topliss-reactive ketones (excluding diaryl/α,β-unsaturated/α-hetero) is 1. The Morgan fingerprint density at radius 2 is 1.83 bits per heavy atom. The Kier molecular flexibility index (Phi) is 5.30. The van der Waals surface area contributed by atoms with Gasteiger partial charge in [-0.15, -0.1) is 0 Å². The Morgan fingerprint density at radius 1 is 1.13 bits per heavy atom. The molecular formula is C26H38O4. The van der Waals surface area contributed by atoms with E-state index in [0.29, 0.717) is 35.9 Å². The summed E-state index contributed by atoms with van der Waals surface area (Å²) in [6.45, 7) is 12.3. The summed E-state index contributed by atoms with van der Waals surface area (Å²) < 4.78 is 6.03. The zero-order valence-corrected chi connectivity index (χ0v) is 19.5. The molecule has 4 rings (SSSR count). The fraction of sp³-hybridized carbons (Fsp3) is 0.808. The van der Waals surface area contributed by atoms with Crippen LogP contribution in [0.25, 0.3) is 0 Å². The second-order valence-corrected chi connectivity index (χ2v) is 11.4. The Labute approximate surface area is 181 Å². The Bertz CT molecular complexity index is 795. The molecular weight excluding hydrogens is 376 g/mol. The summed E-state index contributed by atoms with van der Waals surface area (Å²) in [5.74, 6) is 2.00. The lowest BCUT2D eigenvalue weighted by molar-refractivity contribution is -0.171. The first kappa shape index (κ1) is 21.8. The number of ketones is 2. The van der Waals surface area contributed by atoms with Crippen molar-refractivity contribution in [2.75, 3.05) is 0 Å². The van der Waals surface area contributed by atoms with Gasteiger partial charge in [0.15, 0.2) is 5.78 Å². The van der Waals surface area contributed by atoms with Gasteiger partial charge in [0, 0.05) is 17.8 Å². The second-order valence-electron chi connectivity index (χ2n) is 11.4. The van der Waals surface area contributed by atoms with Crippen molar-refractivity contribution >= 4 is 17.5 Å². The summed E-state index contributed by atoms with van der Waals surface area (Å²) in [4.78, 5) is 37.5. The maximum atomic E-state index is 12.6. The highest BCUT2D eigenvalue weighted by Crippen LogP contribution is 2.67. The van der Waals surface area contributed by atoms with E-state index < -0.39 is 0 Å². The zero-order chi connectivity index (χ0) is 22.0. The molecule has 0 heterocycles. The first-order valence-corrected chi connectivity index (χ1v) is 12.0. The third kappa shape index (κ3) is 3.04. The number of hydrogen-bond donors (Lipinski definition) is 0. The molecule has 0 amide bonds. The van der Waals surface area contributed by atoms with Crippen molar-refractivity contribution in [2.45, 2.75) is 86.2 Å². The first-order chi connectivity index (χ1) is 14.0. The second kappa shape index (κ2) is 7.31. The van der Waals surface area contributed by atoms with Crippen LogP contribution in [0.15, 0.2) is 11.6 Å². The maximum absolute atomic E-state index is 12.6. The SMILES string of the molecule is CC(=O)[C@H]1CC[C@H]2[C@@H]3C[C@H](C)C4=CC(=O)CC(OC(=O)C(C)C)[C@]4(C)[C@H]3CC[C@]12C. The van der Waals surface area contributed by atoms with Gasteiger partial charge >= 0.3 is 5.97 Å². The van der Waals surface area contributed by atoms with E-state index in [-0.39, 0.29) is 40.5 Å². The minimum atomic E-state index is -0.371. The number of esters is 1. The minimum Gasteiger partial charge on any atom is -0.461 e. The van der Waals surface area contributed by atoms with Crippen LogP contribution in [0.1, 0.15) is 80.1 Å². The summed E-state index contributed by atoms with van der Waals surface area (Å²) >= 11 is 0. The molecule has 0 saturated heterocycles. The lowest BCUT2D eigenvalue weighted by Crippen LogP contribution is -2.58. The molecule has 0 aliphatic heterocycles. The maximum Gasteiger partial charge on any atom is 0.308 e. The molecule has 1 unspecified atom stereocenters. The topological polar surface area (TPSA) is 60.4 Å². The van der Waals surface area contributed by atoms with Gasteiger partial charge in [0.2, 0.25) is 0 Å². The van der Waals surface area contributed by atoms with E-state index in [9.17, 15) is 14.4 Å². The standard InChI is InChI=1S/C26H38O4/c1-14(2)24(29)30-23-13-17(28)12-22-15(3)11-18-20-8-7-19(16(4)27)25(20,5)10-9-21(18)26(22,23)6/h12,14-15,18-21,23H,7-11,13H2,1-6H3/t15-,18-,19+,20-,21-,23?,25+,26+/m0/s1. The van der Waals surface area contributed by atoms with E-state index in [1.54, 1.807) is 6.92 Å². The Morgan fingerprint density at radius 3 is 2.47 bits per heavy atom. The van der Waals surface area contributed by atoms with Crippen LogP contribution in [0.4, 0.5) is 0 Å². The number of carbonyl (C=O) groups is 3. The summed E-state index contributed by atoms with van der Waals surface area (Å²) in [6.07, 6.45) is 7.12. The van der Waals surface area contributed by atoms with Gasteiger partial charge in [-0.2, -0.15) is 0 Å². The highest BCUT2D eigenvalue weighted by Gasteiger charge is 2.63. The van der Waals surface area contributed by atoms with Crippen LogP contribution in [0.3, 0.4) is 0 Å². The van der Waals surface area contributed by atoms with Crippen LogP contribution in [-0.4, -0.2) is 23.6 Å². The van der Waals surface area contributed by atoms with E-state index in [1.165, 1.54) is 5.57 Å². The Hall–Kier alpha value is -1.45. The third-order valence-electron chi connectivity index (χ3n) is 9.58. The quantitative estimate of drug-likeness (QED) is 0.600. The molecule has 3 saturated carbocycles. The minimum absolute atomic E-state index is 0.0903. The third-order valence-corrected chi connectivity index (χ3v) is 9.58. The normalized spacial score (nSPS) is 45.3. The van der Waals surface area contributed by atoms with Gasteiger partial charge in [-0.3, -0.25) is 14.4 Å². The van der Waals surface area contributed by atoms with Gasteiger partial charge in [-0.05, 0) is 74.2 Å². The molecule has 166 valence electrons. The molecule has 30 heavy (non-hydrogen) atoms. The van der Waals surface area contributed by atoms with E-state index in [2.05, 4.69) is 20.8 Å². The fourth-order valence-electron chi connectivity index (χ4n) is 8.10. The monoisotopic (exact) mass is 414 g/mol. The van der Waals surface area contributed by atoms with Crippen molar-refractivity contribution in [1.82, 2.24) is 0 Å². The van der Waals surface area contributed by atoms with Crippen LogP contribution in [0, 0.1) is 46.3 Å². The number of ether oxygens (including phenoxy) is 1. The van der Waals surface area contributed by atoms with E-state index in [4.69, 9.17) is 4.74 Å². The fourth-order valence-corrected chi connectivity index (χ4v) is 8.10. The highest BCUT2D eigenvalue weighted by atomic mass is 16.5.